The highest BCUT2D eigenvalue weighted by Crippen LogP contribution is 2.22. The number of halogens is 1. The highest BCUT2D eigenvalue weighted by atomic mass is 35.5. The van der Waals surface area contributed by atoms with Gasteiger partial charge in [0.15, 0.2) is 0 Å². The van der Waals surface area contributed by atoms with Crippen molar-refractivity contribution >= 4 is 34.5 Å². The van der Waals surface area contributed by atoms with Crippen LogP contribution < -0.4 is 10.6 Å². The maximum absolute atomic E-state index is 11.8. The summed E-state index contributed by atoms with van der Waals surface area (Å²) in [6.45, 7) is 1.27. The first kappa shape index (κ1) is 15.8. The van der Waals surface area contributed by atoms with Gasteiger partial charge < -0.3 is 15.7 Å². The van der Waals surface area contributed by atoms with Gasteiger partial charge in [0.2, 0.25) is 0 Å². The maximum atomic E-state index is 11.8. The first-order chi connectivity index (χ1) is 10.2. The van der Waals surface area contributed by atoms with Crippen LogP contribution in [0.5, 0.6) is 0 Å². The zero-order valence-electron chi connectivity index (χ0n) is 11.4. The topological polar surface area (TPSA) is 61.4 Å². The number of rotatable bonds is 7. The first-order valence-corrected chi connectivity index (χ1v) is 7.85. The Hall–Kier alpha value is -1.56. The van der Waals surface area contributed by atoms with E-state index in [1.54, 1.807) is 23.5 Å². The van der Waals surface area contributed by atoms with E-state index in [0.29, 0.717) is 25.1 Å². The Bertz CT molecular complexity index is 584. The summed E-state index contributed by atoms with van der Waals surface area (Å²) in [7, 11) is 0. The normalized spacial score (nSPS) is 10.4. The summed E-state index contributed by atoms with van der Waals surface area (Å²) in [4.78, 5) is 12.9. The van der Waals surface area contributed by atoms with Gasteiger partial charge in [-0.3, -0.25) is 4.79 Å². The van der Waals surface area contributed by atoms with Gasteiger partial charge in [0.1, 0.15) is 0 Å². The van der Waals surface area contributed by atoms with E-state index >= 15 is 0 Å². The summed E-state index contributed by atoms with van der Waals surface area (Å²) in [6, 6.07) is 11.2. The molecule has 0 bridgehead atoms. The van der Waals surface area contributed by atoms with E-state index in [-0.39, 0.29) is 12.5 Å². The number of thiophene rings is 1. The third kappa shape index (κ3) is 5.04. The number of carbonyl (C=O) groups is 1. The highest BCUT2D eigenvalue weighted by molar-refractivity contribution is 7.16. The van der Waals surface area contributed by atoms with E-state index in [9.17, 15) is 4.79 Å². The van der Waals surface area contributed by atoms with Crippen molar-refractivity contribution in [2.45, 2.75) is 13.0 Å². The fourth-order valence-electron chi connectivity index (χ4n) is 1.76. The minimum Gasteiger partial charge on any atom is -0.396 e. The van der Waals surface area contributed by atoms with Crippen LogP contribution in [0.15, 0.2) is 36.4 Å². The third-order valence-corrected chi connectivity index (χ3v) is 4.09. The smallest absolute Gasteiger partial charge is 0.251 e. The maximum Gasteiger partial charge on any atom is 0.251 e. The number of aliphatic hydroxyl groups is 1. The number of anilines is 1. The predicted octanol–water partition coefficient (Wildman–Crippen LogP) is 3.13. The lowest BCUT2D eigenvalue weighted by atomic mass is 10.2. The molecule has 0 aliphatic carbocycles. The van der Waals surface area contributed by atoms with Gasteiger partial charge in [-0.15, -0.1) is 11.3 Å². The quantitative estimate of drug-likeness (QED) is 0.686. The molecule has 0 fully saturated rings. The Labute approximate surface area is 132 Å². The van der Waals surface area contributed by atoms with Crippen LogP contribution in [0, 0.1) is 0 Å². The van der Waals surface area contributed by atoms with Crippen molar-refractivity contribution in [1.82, 2.24) is 5.32 Å². The molecule has 0 aliphatic heterocycles. The number of hydrogen-bond acceptors (Lipinski definition) is 4. The second-order valence-electron chi connectivity index (χ2n) is 4.47. The lowest BCUT2D eigenvalue weighted by molar-refractivity contribution is 0.0951. The summed E-state index contributed by atoms with van der Waals surface area (Å²) in [5.41, 5.74) is 1.56. The van der Waals surface area contributed by atoms with Crippen molar-refractivity contribution in [2.75, 3.05) is 18.5 Å². The van der Waals surface area contributed by atoms with Crippen LogP contribution in [0.1, 0.15) is 21.7 Å². The molecule has 1 aromatic carbocycles. The number of nitrogens with one attached hydrogen (secondary N) is 2. The van der Waals surface area contributed by atoms with Gasteiger partial charge in [-0.2, -0.15) is 0 Å². The van der Waals surface area contributed by atoms with Crippen molar-refractivity contribution in [2.24, 2.45) is 0 Å². The number of amides is 1. The average Bonchev–Trinajstić information content (AvgIpc) is 2.91. The SMILES string of the molecule is O=C(NCCCO)c1ccc(NCc2ccc(Cl)s2)cc1. The van der Waals surface area contributed by atoms with Gasteiger partial charge in [0, 0.05) is 35.8 Å². The monoisotopic (exact) mass is 324 g/mol. The van der Waals surface area contributed by atoms with Gasteiger partial charge in [0.05, 0.1) is 4.34 Å². The lowest BCUT2D eigenvalue weighted by Gasteiger charge is -2.07. The standard InChI is InChI=1S/C15H17ClN2O2S/c16-14-7-6-13(21-14)10-18-12-4-2-11(3-5-12)15(20)17-8-1-9-19/h2-7,18-19H,1,8-10H2,(H,17,20). The summed E-state index contributed by atoms with van der Waals surface area (Å²) in [6.07, 6.45) is 0.564. The van der Waals surface area contributed by atoms with Crippen LogP contribution in [0.25, 0.3) is 0 Å². The molecule has 0 aliphatic rings. The van der Waals surface area contributed by atoms with Crippen molar-refractivity contribution < 1.29 is 9.90 Å². The molecule has 1 amide bonds. The zero-order valence-corrected chi connectivity index (χ0v) is 13.0. The van der Waals surface area contributed by atoms with Gasteiger partial charge in [-0.25, -0.2) is 0 Å². The highest BCUT2D eigenvalue weighted by Gasteiger charge is 2.04. The number of aliphatic hydroxyl groups excluding tert-OH is 1. The number of carbonyl (C=O) groups excluding carboxylic acids is 1. The first-order valence-electron chi connectivity index (χ1n) is 6.66. The summed E-state index contributed by atoms with van der Waals surface area (Å²) >= 11 is 7.43. The van der Waals surface area contributed by atoms with Gasteiger partial charge in [-0.1, -0.05) is 11.6 Å². The Kier molecular flexibility index (Phi) is 6.04. The molecular formula is C15H17ClN2O2S. The molecule has 3 N–H and O–H groups in total. The summed E-state index contributed by atoms with van der Waals surface area (Å²) < 4.78 is 0.779. The lowest BCUT2D eigenvalue weighted by Crippen LogP contribution is -2.24. The fraction of sp³-hybridized carbons (Fsp3) is 0.267. The van der Waals surface area contributed by atoms with Crippen LogP contribution in [-0.4, -0.2) is 24.2 Å². The predicted molar refractivity (Wildman–Crippen MR) is 87.1 cm³/mol. The molecule has 112 valence electrons. The van der Waals surface area contributed by atoms with Gasteiger partial charge in [0.25, 0.3) is 5.91 Å². The molecule has 1 heterocycles. The zero-order chi connectivity index (χ0) is 15.1. The van der Waals surface area contributed by atoms with E-state index in [4.69, 9.17) is 16.7 Å². The molecule has 2 aromatic rings. The number of benzene rings is 1. The molecule has 1 aromatic heterocycles. The minimum absolute atomic E-state index is 0.0792. The average molecular weight is 325 g/mol. The Morgan fingerprint density at radius 2 is 1.95 bits per heavy atom. The molecule has 0 saturated heterocycles. The van der Waals surface area contributed by atoms with Gasteiger partial charge in [-0.05, 0) is 42.8 Å². The molecule has 0 spiro atoms. The minimum atomic E-state index is -0.125. The molecule has 21 heavy (non-hydrogen) atoms. The van der Waals surface area contributed by atoms with E-state index in [1.165, 1.54) is 0 Å². The Morgan fingerprint density at radius 3 is 2.57 bits per heavy atom. The molecule has 6 heteroatoms. The molecule has 4 nitrogen and oxygen atoms in total. The molecule has 2 rings (SSSR count). The van der Waals surface area contributed by atoms with E-state index < -0.39 is 0 Å². The summed E-state index contributed by atoms with van der Waals surface area (Å²) in [5, 5.41) is 14.7. The van der Waals surface area contributed by atoms with E-state index in [0.717, 1.165) is 14.9 Å². The number of hydrogen-bond donors (Lipinski definition) is 3. The van der Waals surface area contributed by atoms with Crippen LogP contribution in [0.4, 0.5) is 5.69 Å². The van der Waals surface area contributed by atoms with Crippen LogP contribution in [-0.2, 0) is 6.54 Å². The van der Waals surface area contributed by atoms with Crippen molar-refractivity contribution in [3.8, 4) is 0 Å². The molecule has 0 atom stereocenters. The van der Waals surface area contributed by atoms with E-state index in [1.807, 2.05) is 24.3 Å². The largest absolute Gasteiger partial charge is 0.396 e. The van der Waals surface area contributed by atoms with Crippen molar-refractivity contribution in [3.05, 3.63) is 51.2 Å². The van der Waals surface area contributed by atoms with Crippen LogP contribution >= 0.6 is 22.9 Å². The fourth-order valence-corrected chi connectivity index (χ4v) is 2.79. The van der Waals surface area contributed by atoms with Crippen LogP contribution in [0.3, 0.4) is 0 Å². The summed E-state index contributed by atoms with van der Waals surface area (Å²) in [5.74, 6) is -0.125. The van der Waals surface area contributed by atoms with E-state index in [2.05, 4.69) is 10.6 Å². The Balaban J connectivity index is 1.85. The Morgan fingerprint density at radius 1 is 1.19 bits per heavy atom. The molecule has 0 saturated carbocycles. The third-order valence-electron chi connectivity index (χ3n) is 2.86. The molecule has 0 unspecified atom stereocenters. The van der Waals surface area contributed by atoms with Crippen LogP contribution in [0.2, 0.25) is 4.34 Å². The molecule has 0 radical (unpaired) electrons. The second kappa shape index (κ2) is 8.02. The van der Waals surface area contributed by atoms with Crippen molar-refractivity contribution in [1.29, 1.82) is 0 Å². The second-order valence-corrected chi connectivity index (χ2v) is 6.27. The molecular weight excluding hydrogens is 308 g/mol. The van der Waals surface area contributed by atoms with Gasteiger partial charge >= 0.3 is 0 Å². The van der Waals surface area contributed by atoms with Crippen molar-refractivity contribution in [3.63, 3.8) is 0 Å².